The summed E-state index contributed by atoms with van der Waals surface area (Å²) in [5, 5.41) is 2.73. The van der Waals surface area contributed by atoms with Gasteiger partial charge >= 0.3 is 0 Å². The molecule has 0 spiro atoms. The summed E-state index contributed by atoms with van der Waals surface area (Å²) in [6.45, 7) is 4.38. The van der Waals surface area contributed by atoms with Gasteiger partial charge in [0.1, 0.15) is 0 Å². The van der Waals surface area contributed by atoms with Crippen molar-refractivity contribution in [3.63, 3.8) is 0 Å². The molecule has 0 bridgehead atoms. The number of nitrogens with two attached hydrogens (primary N) is 2. The van der Waals surface area contributed by atoms with Gasteiger partial charge in [-0.25, -0.2) is 0 Å². The van der Waals surface area contributed by atoms with Gasteiger partial charge in [-0.1, -0.05) is 19.9 Å². The van der Waals surface area contributed by atoms with Crippen LogP contribution in [0.2, 0.25) is 0 Å². The van der Waals surface area contributed by atoms with Gasteiger partial charge in [-0.15, -0.1) is 0 Å². The van der Waals surface area contributed by atoms with Crippen LogP contribution in [0.3, 0.4) is 0 Å². The second-order valence-electron chi connectivity index (χ2n) is 4.56. The quantitative estimate of drug-likeness (QED) is 0.708. The van der Waals surface area contributed by atoms with Crippen molar-refractivity contribution >= 4 is 11.8 Å². The Hall–Kier alpha value is -1.88. The number of benzene rings is 1. The lowest BCUT2D eigenvalue weighted by Gasteiger charge is -2.16. The van der Waals surface area contributed by atoms with Gasteiger partial charge in [0.2, 0.25) is 5.91 Å². The average Bonchev–Trinajstić information content (AvgIpc) is 2.35. The maximum Gasteiger partial charge on any atom is 0.251 e. The van der Waals surface area contributed by atoms with Crippen LogP contribution in [0.5, 0.6) is 0 Å². The van der Waals surface area contributed by atoms with Gasteiger partial charge in [-0.2, -0.15) is 0 Å². The molecule has 2 amide bonds. The fourth-order valence-corrected chi connectivity index (χ4v) is 1.36. The highest BCUT2D eigenvalue weighted by Gasteiger charge is 2.11. The van der Waals surface area contributed by atoms with Gasteiger partial charge in [0, 0.05) is 23.7 Å². The molecule has 5 nitrogen and oxygen atoms in total. The number of nitrogens with one attached hydrogen (secondary N) is 1. The molecule has 1 aromatic carbocycles. The molecule has 1 unspecified atom stereocenters. The van der Waals surface area contributed by atoms with Crippen molar-refractivity contribution in [1.29, 1.82) is 0 Å². The minimum absolute atomic E-state index is 0.0896. The Morgan fingerprint density at radius 1 is 1.28 bits per heavy atom. The molecule has 0 fully saturated rings. The summed E-state index contributed by atoms with van der Waals surface area (Å²) in [5.74, 6) is -0.514. The summed E-state index contributed by atoms with van der Waals surface area (Å²) in [6.07, 6.45) is 0. The summed E-state index contributed by atoms with van der Waals surface area (Å²) in [7, 11) is 0. The molecule has 0 aliphatic carbocycles. The number of hydrogen-bond donors (Lipinski definition) is 3. The molecule has 0 radical (unpaired) electrons. The van der Waals surface area contributed by atoms with Gasteiger partial charge in [0.05, 0.1) is 0 Å². The second-order valence-corrected chi connectivity index (χ2v) is 4.56. The molecule has 18 heavy (non-hydrogen) atoms. The van der Waals surface area contributed by atoms with Gasteiger partial charge in [-0.3, -0.25) is 9.59 Å². The molecule has 0 heterocycles. The Morgan fingerprint density at radius 3 is 2.44 bits per heavy atom. The van der Waals surface area contributed by atoms with E-state index in [1.54, 1.807) is 18.2 Å². The highest BCUT2D eigenvalue weighted by molar-refractivity contribution is 5.99. The molecule has 5 N–H and O–H groups in total. The van der Waals surface area contributed by atoms with Gasteiger partial charge < -0.3 is 16.8 Å². The summed E-state index contributed by atoms with van der Waals surface area (Å²) in [6, 6.07) is 6.20. The number of carbonyl (C=O) groups excluding carboxylic acids is 2. The zero-order chi connectivity index (χ0) is 13.7. The van der Waals surface area contributed by atoms with Crippen molar-refractivity contribution in [3.8, 4) is 0 Å². The number of rotatable bonds is 5. The molecule has 1 atom stereocenters. The molecule has 0 aliphatic heterocycles. The van der Waals surface area contributed by atoms with Crippen LogP contribution in [-0.4, -0.2) is 24.4 Å². The van der Waals surface area contributed by atoms with Crippen LogP contribution in [0.4, 0.5) is 0 Å². The largest absolute Gasteiger partial charge is 0.366 e. The van der Waals surface area contributed by atoms with E-state index in [1.165, 1.54) is 6.07 Å². The Balaban J connectivity index is 2.67. The minimum atomic E-state index is -0.552. The Labute approximate surface area is 107 Å². The third-order valence-corrected chi connectivity index (χ3v) is 2.76. The number of carbonyl (C=O) groups is 2. The summed E-state index contributed by atoms with van der Waals surface area (Å²) in [4.78, 5) is 22.8. The molecule has 0 saturated heterocycles. The first-order valence-electron chi connectivity index (χ1n) is 5.85. The van der Waals surface area contributed by atoms with Crippen molar-refractivity contribution < 1.29 is 9.59 Å². The average molecular weight is 249 g/mol. The molecule has 0 aliphatic rings. The van der Waals surface area contributed by atoms with Crippen LogP contribution >= 0.6 is 0 Å². The van der Waals surface area contributed by atoms with E-state index in [0.717, 1.165) is 0 Å². The van der Waals surface area contributed by atoms with E-state index in [9.17, 15) is 9.59 Å². The van der Waals surface area contributed by atoms with E-state index in [4.69, 9.17) is 11.5 Å². The summed E-state index contributed by atoms with van der Waals surface area (Å²) in [5.41, 5.74) is 11.7. The zero-order valence-electron chi connectivity index (χ0n) is 10.6. The van der Waals surface area contributed by atoms with E-state index >= 15 is 0 Å². The van der Waals surface area contributed by atoms with Crippen molar-refractivity contribution in [2.24, 2.45) is 17.4 Å². The van der Waals surface area contributed by atoms with Gasteiger partial charge in [0.25, 0.3) is 5.91 Å². The third kappa shape index (κ3) is 3.85. The Kier molecular flexibility index (Phi) is 4.85. The second kappa shape index (κ2) is 6.16. The van der Waals surface area contributed by atoms with Crippen molar-refractivity contribution in [2.45, 2.75) is 19.9 Å². The van der Waals surface area contributed by atoms with Crippen molar-refractivity contribution in [3.05, 3.63) is 35.4 Å². The SMILES string of the molecule is CC(C)C(N)CNC(=O)c1cccc(C(N)=O)c1. The minimum Gasteiger partial charge on any atom is -0.366 e. The van der Waals surface area contributed by atoms with E-state index in [1.807, 2.05) is 13.8 Å². The monoisotopic (exact) mass is 249 g/mol. The van der Waals surface area contributed by atoms with Crippen molar-refractivity contribution in [1.82, 2.24) is 5.32 Å². The van der Waals surface area contributed by atoms with Crippen molar-refractivity contribution in [2.75, 3.05) is 6.54 Å². The fourth-order valence-electron chi connectivity index (χ4n) is 1.36. The Morgan fingerprint density at radius 2 is 1.89 bits per heavy atom. The molecule has 1 rings (SSSR count). The van der Waals surface area contributed by atoms with E-state index in [0.29, 0.717) is 23.6 Å². The number of hydrogen-bond acceptors (Lipinski definition) is 3. The lowest BCUT2D eigenvalue weighted by atomic mass is 10.1. The third-order valence-electron chi connectivity index (χ3n) is 2.76. The van der Waals surface area contributed by atoms with Crippen LogP contribution in [-0.2, 0) is 0 Å². The number of amides is 2. The predicted octanol–water partition coefficient (Wildman–Crippen LogP) is 0.499. The molecule has 0 saturated carbocycles. The maximum atomic E-state index is 11.8. The first kappa shape index (κ1) is 14.2. The van der Waals surface area contributed by atoms with Crippen LogP contribution < -0.4 is 16.8 Å². The fraction of sp³-hybridized carbons (Fsp3) is 0.385. The first-order valence-corrected chi connectivity index (χ1v) is 5.85. The highest BCUT2D eigenvalue weighted by atomic mass is 16.2. The normalized spacial score (nSPS) is 12.2. The summed E-state index contributed by atoms with van der Waals surface area (Å²) < 4.78 is 0. The number of primary amides is 1. The van der Waals surface area contributed by atoms with E-state index < -0.39 is 5.91 Å². The predicted molar refractivity (Wildman–Crippen MR) is 70.1 cm³/mol. The zero-order valence-corrected chi connectivity index (χ0v) is 10.6. The van der Waals surface area contributed by atoms with Gasteiger partial charge in [-0.05, 0) is 24.1 Å². The van der Waals surface area contributed by atoms with Crippen LogP contribution in [0.25, 0.3) is 0 Å². The first-order chi connectivity index (χ1) is 8.41. The highest BCUT2D eigenvalue weighted by Crippen LogP contribution is 2.05. The Bertz CT molecular complexity index is 444. The topological polar surface area (TPSA) is 98.2 Å². The molecule has 0 aromatic heterocycles. The van der Waals surface area contributed by atoms with Crippen LogP contribution in [0.1, 0.15) is 34.6 Å². The van der Waals surface area contributed by atoms with Crippen LogP contribution in [0.15, 0.2) is 24.3 Å². The van der Waals surface area contributed by atoms with E-state index in [-0.39, 0.29) is 11.9 Å². The summed E-state index contributed by atoms with van der Waals surface area (Å²) >= 11 is 0. The standard InChI is InChI=1S/C13H19N3O2/c1-8(2)11(14)7-16-13(18)10-5-3-4-9(6-10)12(15)17/h3-6,8,11H,7,14H2,1-2H3,(H2,15,17)(H,16,18). The van der Waals surface area contributed by atoms with Gasteiger partial charge in [0.15, 0.2) is 0 Å². The molecule has 98 valence electrons. The maximum absolute atomic E-state index is 11.8. The smallest absolute Gasteiger partial charge is 0.251 e. The van der Waals surface area contributed by atoms with E-state index in [2.05, 4.69) is 5.32 Å². The lowest BCUT2D eigenvalue weighted by molar-refractivity contribution is 0.0949. The molecular weight excluding hydrogens is 230 g/mol. The molecule has 5 heteroatoms. The molecule has 1 aromatic rings. The van der Waals surface area contributed by atoms with Crippen LogP contribution in [0, 0.1) is 5.92 Å². The lowest BCUT2D eigenvalue weighted by Crippen LogP contribution is -2.40. The molecular formula is C13H19N3O2.